The van der Waals surface area contributed by atoms with Crippen molar-refractivity contribution < 1.29 is 14.3 Å². The number of methoxy groups -OCH3 is 1. The summed E-state index contributed by atoms with van der Waals surface area (Å²) >= 11 is 7.37. The van der Waals surface area contributed by atoms with Crippen LogP contribution in [0.15, 0.2) is 52.4 Å². The number of benzene rings is 2. The largest absolute Gasteiger partial charge is 0.493 e. The van der Waals surface area contributed by atoms with Crippen LogP contribution < -0.4 is 14.8 Å². The number of nitrogens with one attached hydrogen (secondary N) is 1. The Morgan fingerprint density at radius 2 is 2.04 bits per heavy atom. The fourth-order valence-electron chi connectivity index (χ4n) is 2.33. The third-order valence-corrected chi connectivity index (χ3v) is 4.74. The minimum absolute atomic E-state index is 0.200. The van der Waals surface area contributed by atoms with Gasteiger partial charge in [0, 0.05) is 0 Å². The van der Waals surface area contributed by atoms with Crippen LogP contribution in [0.3, 0.4) is 0 Å². The van der Waals surface area contributed by atoms with Gasteiger partial charge < -0.3 is 14.8 Å². The number of carbonyl (C=O) groups excluding carboxylic acids is 1. The van der Waals surface area contributed by atoms with Gasteiger partial charge in [-0.2, -0.15) is 0 Å². The van der Waals surface area contributed by atoms with Crippen molar-refractivity contribution in [2.75, 3.05) is 13.7 Å². The Labute approximate surface area is 161 Å². The molecule has 1 fully saturated rings. The lowest BCUT2D eigenvalue weighted by Gasteiger charge is -2.09. The molecule has 26 heavy (non-hydrogen) atoms. The van der Waals surface area contributed by atoms with E-state index in [0.717, 1.165) is 5.56 Å². The minimum Gasteiger partial charge on any atom is -0.493 e. The maximum Gasteiger partial charge on any atom is 0.264 e. The molecule has 1 N–H and O–H groups in total. The van der Waals surface area contributed by atoms with Crippen molar-refractivity contribution in [3.05, 3.63) is 58.0 Å². The van der Waals surface area contributed by atoms with Gasteiger partial charge in [-0.25, -0.2) is 4.99 Å². The summed E-state index contributed by atoms with van der Waals surface area (Å²) in [5.41, 5.74) is 1.45. The smallest absolute Gasteiger partial charge is 0.264 e. The van der Waals surface area contributed by atoms with Crippen LogP contribution in [0, 0.1) is 0 Å². The SMILES string of the molecule is CCOc1ccc(/C=C2/SC(=Nc3ccccc3Cl)NC2=O)cc1OC. The number of amidine groups is 1. The summed E-state index contributed by atoms with van der Waals surface area (Å²) < 4.78 is 10.8. The first-order valence-corrected chi connectivity index (χ1v) is 9.15. The third-order valence-electron chi connectivity index (χ3n) is 3.51. The highest BCUT2D eigenvalue weighted by molar-refractivity contribution is 8.18. The van der Waals surface area contributed by atoms with Gasteiger partial charge >= 0.3 is 0 Å². The molecule has 3 rings (SSSR count). The van der Waals surface area contributed by atoms with E-state index in [2.05, 4.69) is 10.3 Å². The minimum atomic E-state index is -0.200. The molecule has 0 unspecified atom stereocenters. The summed E-state index contributed by atoms with van der Waals surface area (Å²) in [5, 5.41) is 3.78. The number of nitrogens with zero attached hydrogens (tertiary/aromatic N) is 1. The third kappa shape index (κ3) is 4.20. The second-order valence-corrected chi connectivity index (χ2v) is 6.71. The van der Waals surface area contributed by atoms with E-state index in [4.69, 9.17) is 21.1 Å². The number of carbonyl (C=O) groups is 1. The average molecular weight is 389 g/mol. The van der Waals surface area contributed by atoms with Crippen molar-refractivity contribution in [1.29, 1.82) is 0 Å². The molecule has 2 aromatic carbocycles. The van der Waals surface area contributed by atoms with Crippen LogP contribution in [0.5, 0.6) is 11.5 Å². The summed E-state index contributed by atoms with van der Waals surface area (Å²) in [6.45, 7) is 2.46. The highest BCUT2D eigenvalue weighted by atomic mass is 35.5. The van der Waals surface area contributed by atoms with Crippen LogP contribution in [-0.2, 0) is 4.79 Å². The molecule has 0 aromatic heterocycles. The molecule has 0 saturated carbocycles. The molecular formula is C19H17ClN2O3S. The highest BCUT2D eigenvalue weighted by Gasteiger charge is 2.24. The Morgan fingerprint density at radius 3 is 2.77 bits per heavy atom. The van der Waals surface area contributed by atoms with Crippen LogP contribution in [0.2, 0.25) is 5.02 Å². The maximum absolute atomic E-state index is 12.2. The van der Waals surface area contributed by atoms with Crippen LogP contribution in [0.4, 0.5) is 5.69 Å². The van der Waals surface area contributed by atoms with E-state index in [1.54, 1.807) is 25.3 Å². The molecule has 0 radical (unpaired) electrons. The Kier molecular flexibility index (Phi) is 5.85. The van der Waals surface area contributed by atoms with E-state index >= 15 is 0 Å². The summed E-state index contributed by atoms with van der Waals surface area (Å²) in [7, 11) is 1.58. The predicted molar refractivity (Wildman–Crippen MR) is 106 cm³/mol. The molecule has 0 atom stereocenters. The standard InChI is InChI=1S/C19H17ClN2O3S/c1-3-25-15-9-8-12(10-16(15)24-2)11-17-18(23)22-19(26-17)21-14-7-5-4-6-13(14)20/h4-11H,3H2,1-2H3,(H,21,22,23)/b17-11+. The zero-order valence-corrected chi connectivity index (χ0v) is 15.9. The Hall–Kier alpha value is -2.44. The molecule has 0 aliphatic carbocycles. The quantitative estimate of drug-likeness (QED) is 0.758. The van der Waals surface area contributed by atoms with Gasteiger partial charge in [0.15, 0.2) is 16.7 Å². The summed E-state index contributed by atoms with van der Waals surface area (Å²) in [5.74, 6) is 1.09. The molecule has 1 heterocycles. The predicted octanol–water partition coefficient (Wildman–Crippen LogP) is 4.64. The first kappa shape index (κ1) is 18.4. The fraction of sp³-hybridized carbons (Fsp3) is 0.158. The molecule has 1 aliphatic rings. The fourth-order valence-corrected chi connectivity index (χ4v) is 3.35. The number of aliphatic imine (C=N–C) groups is 1. The van der Waals surface area contributed by atoms with E-state index < -0.39 is 0 Å². The van der Waals surface area contributed by atoms with Crippen molar-refractivity contribution in [2.24, 2.45) is 4.99 Å². The van der Waals surface area contributed by atoms with Gasteiger partial charge in [-0.1, -0.05) is 29.8 Å². The molecule has 1 aliphatic heterocycles. The molecule has 0 spiro atoms. The first-order valence-electron chi connectivity index (χ1n) is 7.95. The van der Waals surface area contributed by atoms with Gasteiger partial charge in [0.2, 0.25) is 0 Å². The van der Waals surface area contributed by atoms with Gasteiger partial charge in [0.05, 0.1) is 29.3 Å². The van der Waals surface area contributed by atoms with E-state index in [9.17, 15) is 4.79 Å². The van der Waals surface area contributed by atoms with Crippen molar-refractivity contribution >= 4 is 46.2 Å². The highest BCUT2D eigenvalue weighted by Crippen LogP contribution is 2.33. The van der Waals surface area contributed by atoms with Crippen LogP contribution in [-0.4, -0.2) is 24.8 Å². The monoisotopic (exact) mass is 388 g/mol. The van der Waals surface area contributed by atoms with Gasteiger partial charge in [-0.05, 0) is 54.6 Å². The molecule has 134 valence electrons. The second kappa shape index (κ2) is 8.29. The van der Waals surface area contributed by atoms with Crippen molar-refractivity contribution in [1.82, 2.24) is 5.32 Å². The topological polar surface area (TPSA) is 59.9 Å². The zero-order chi connectivity index (χ0) is 18.5. The number of hydrogen-bond acceptors (Lipinski definition) is 5. The first-order chi connectivity index (χ1) is 12.6. The van der Waals surface area contributed by atoms with E-state index in [1.165, 1.54) is 11.8 Å². The molecule has 5 nitrogen and oxygen atoms in total. The summed E-state index contributed by atoms with van der Waals surface area (Å²) in [6.07, 6.45) is 1.79. The van der Waals surface area contributed by atoms with Gasteiger partial charge in [-0.15, -0.1) is 0 Å². The number of thioether (sulfide) groups is 1. The number of amides is 1. The van der Waals surface area contributed by atoms with Crippen molar-refractivity contribution in [2.45, 2.75) is 6.92 Å². The van der Waals surface area contributed by atoms with E-state index in [1.807, 2.05) is 37.3 Å². The normalized spacial score (nSPS) is 16.8. The maximum atomic E-state index is 12.2. The summed E-state index contributed by atoms with van der Waals surface area (Å²) in [6, 6.07) is 12.7. The van der Waals surface area contributed by atoms with Crippen LogP contribution in [0.25, 0.3) is 6.08 Å². The number of halogens is 1. The lowest BCUT2D eigenvalue weighted by Crippen LogP contribution is -2.19. The number of ether oxygens (including phenoxy) is 2. The lowest BCUT2D eigenvalue weighted by atomic mass is 10.2. The van der Waals surface area contributed by atoms with Gasteiger partial charge in [0.1, 0.15) is 0 Å². The average Bonchev–Trinajstić information content (AvgIpc) is 2.97. The number of para-hydroxylation sites is 1. The number of rotatable bonds is 5. The Bertz CT molecular complexity index is 896. The van der Waals surface area contributed by atoms with Crippen molar-refractivity contribution in [3.8, 4) is 11.5 Å². The van der Waals surface area contributed by atoms with Crippen molar-refractivity contribution in [3.63, 3.8) is 0 Å². The lowest BCUT2D eigenvalue weighted by molar-refractivity contribution is -0.115. The van der Waals surface area contributed by atoms with Gasteiger partial charge in [-0.3, -0.25) is 4.79 Å². The Balaban J connectivity index is 1.84. The molecule has 1 saturated heterocycles. The summed E-state index contributed by atoms with van der Waals surface area (Å²) in [4.78, 5) is 17.2. The molecular weight excluding hydrogens is 372 g/mol. The van der Waals surface area contributed by atoms with E-state index in [-0.39, 0.29) is 5.91 Å². The van der Waals surface area contributed by atoms with Crippen LogP contribution in [0.1, 0.15) is 12.5 Å². The van der Waals surface area contributed by atoms with E-state index in [0.29, 0.717) is 38.9 Å². The zero-order valence-electron chi connectivity index (χ0n) is 14.3. The van der Waals surface area contributed by atoms with Crippen LogP contribution >= 0.6 is 23.4 Å². The molecule has 1 amide bonds. The van der Waals surface area contributed by atoms with Gasteiger partial charge in [0.25, 0.3) is 5.91 Å². The Morgan fingerprint density at radius 1 is 1.23 bits per heavy atom. The second-order valence-electron chi connectivity index (χ2n) is 5.28. The molecule has 0 bridgehead atoms. The molecule has 2 aromatic rings. The molecule has 7 heteroatoms. The number of hydrogen-bond donors (Lipinski definition) is 1.